The molecule has 0 amide bonds. The van der Waals surface area contributed by atoms with Crippen molar-refractivity contribution in [1.82, 2.24) is 9.55 Å². The quantitative estimate of drug-likeness (QED) is 0.443. The van der Waals surface area contributed by atoms with Crippen molar-refractivity contribution < 1.29 is 17.9 Å². The highest BCUT2D eigenvalue weighted by molar-refractivity contribution is 8.02. The first kappa shape index (κ1) is 20.7. The zero-order valence-electron chi connectivity index (χ0n) is 16.2. The molecule has 2 heterocycles. The van der Waals surface area contributed by atoms with E-state index in [4.69, 9.17) is 4.74 Å². The maximum Gasteiger partial charge on any atom is 0.339 e. The Morgan fingerprint density at radius 3 is 2.73 bits per heavy atom. The lowest BCUT2D eigenvalue weighted by molar-refractivity contribution is 0.0492. The first-order chi connectivity index (χ1) is 14.4. The number of sulfone groups is 1. The van der Waals surface area contributed by atoms with Gasteiger partial charge in [-0.2, -0.15) is 0 Å². The Morgan fingerprint density at radius 2 is 1.93 bits per heavy atom. The highest BCUT2D eigenvalue weighted by atomic mass is 32.2. The molecule has 4 rings (SSSR count). The summed E-state index contributed by atoms with van der Waals surface area (Å²) >= 11 is 1.42. The minimum absolute atomic E-state index is 0.0438. The number of nitrogens with one attached hydrogen (secondary N) is 1. The van der Waals surface area contributed by atoms with Crippen molar-refractivity contribution in [3.8, 4) is 0 Å². The maximum atomic E-state index is 12.6. The Bertz CT molecular complexity index is 1230. The summed E-state index contributed by atoms with van der Waals surface area (Å²) in [4.78, 5) is 28.2. The van der Waals surface area contributed by atoms with Gasteiger partial charge in [0.2, 0.25) is 0 Å². The van der Waals surface area contributed by atoms with Gasteiger partial charge < -0.3 is 9.72 Å². The molecule has 0 radical (unpaired) electrons. The van der Waals surface area contributed by atoms with Crippen molar-refractivity contribution in [3.63, 3.8) is 0 Å². The zero-order valence-corrected chi connectivity index (χ0v) is 17.9. The van der Waals surface area contributed by atoms with E-state index < -0.39 is 15.8 Å². The monoisotopic (exact) mass is 446 g/mol. The van der Waals surface area contributed by atoms with Gasteiger partial charge in [-0.15, -0.1) is 11.8 Å². The molecular weight excluding hydrogens is 424 g/mol. The lowest BCUT2D eigenvalue weighted by atomic mass is 10.2. The third kappa shape index (κ3) is 4.62. The smallest absolute Gasteiger partial charge is 0.339 e. The summed E-state index contributed by atoms with van der Waals surface area (Å²) in [6.45, 7) is 0.619. The number of imidazole rings is 1. The molecule has 1 aliphatic heterocycles. The van der Waals surface area contributed by atoms with Crippen molar-refractivity contribution in [3.05, 3.63) is 64.6 Å². The predicted molar refractivity (Wildman–Crippen MR) is 117 cm³/mol. The SMILES string of the molecule is O=C(OCCCn1c(=O)[nH]c2ccccc21)c1ccccc1S[C@@H]1CCS(=O)(=O)C1. The van der Waals surface area contributed by atoms with Gasteiger partial charge in [-0.3, -0.25) is 4.57 Å². The Hall–Kier alpha value is -2.52. The largest absolute Gasteiger partial charge is 0.462 e. The molecule has 9 heteroatoms. The summed E-state index contributed by atoms with van der Waals surface area (Å²) in [6.07, 6.45) is 1.10. The van der Waals surface area contributed by atoms with Gasteiger partial charge in [-0.1, -0.05) is 24.3 Å². The van der Waals surface area contributed by atoms with Crippen LogP contribution in [0.5, 0.6) is 0 Å². The second-order valence-electron chi connectivity index (χ2n) is 7.23. The number of fused-ring (bicyclic) bond motifs is 1. The van der Waals surface area contributed by atoms with Crippen molar-refractivity contribution in [2.75, 3.05) is 18.1 Å². The molecule has 0 aliphatic carbocycles. The summed E-state index contributed by atoms with van der Waals surface area (Å²) in [5.74, 6) is -0.101. The minimum atomic E-state index is -2.97. The number of rotatable bonds is 7. The van der Waals surface area contributed by atoms with Crippen LogP contribution in [0.4, 0.5) is 0 Å². The standard InChI is InChI=1S/C21H22N2O5S2/c24-20(16-6-1-4-9-19(16)29-15-10-13-30(26,27)14-15)28-12-5-11-23-18-8-3-2-7-17(18)22-21(23)25/h1-4,6-9,15H,5,10-14H2,(H,22,25)/t15-/m1/s1. The van der Waals surface area contributed by atoms with Gasteiger partial charge in [0.1, 0.15) is 0 Å². The fourth-order valence-corrected chi connectivity index (χ4v) is 7.18. The van der Waals surface area contributed by atoms with Gasteiger partial charge in [0.05, 0.1) is 34.7 Å². The van der Waals surface area contributed by atoms with Crippen LogP contribution in [-0.4, -0.2) is 47.3 Å². The molecule has 0 spiro atoms. The normalized spacial score (nSPS) is 17.9. The molecule has 1 fully saturated rings. The average Bonchev–Trinajstić information content (AvgIpc) is 3.23. The number of ether oxygens (including phenoxy) is 1. The van der Waals surface area contributed by atoms with Crippen LogP contribution in [0, 0.1) is 0 Å². The number of benzene rings is 2. The molecule has 0 unspecified atom stereocenters. The Kier molecular flexibility index (Phi) is 6.01. The van der Waals surface area contributed by atoms with Crippen LogP contribution in [0.1, 0.15) is 23.2 Å². The fraction of sp³-hybridized carbons (Fsp3) is 0.333. The molecule has 3 aromatic rings. The fourth-order valence-electron chi connectivity index (χ4n) is 3.57. The summed E-state index contributed by atoms with van der Waals surface area (Å²) in [6, 6.07) is 14.5. The predicted octanol–water partition coefficient (Wildman–Crippen LogP) is 2.86. The second kappa shape index (κ2) is 8.69. The number of hydrogen-bond acceptors (Lipinski definition) is 6. The second-order valence-corrected chi connectivity index (χ2v) is 10.8. The van der Waals surface area contributed by atoms with Crippen LogP contribution < -0.4 is 5.69 Å². The van der Waals surface area contributed by atoms with Crippen LogP contribution in [0.25, 0.3) is 11.0 Å². The number of H-pyrrole nitrogens is 1. The van der Waals surface area contributed by atoms with Gasteiger partial charge in [-0.25, -0.2) is 18.0 Å². The third-order valence-corrected chi connectivity index (χ3v) is 8.36. The first-order valence-electron chi connectivity index (χ1n) is 9.74. The van der Waals surface area contributed by atoms with Gasteiger partial charge in [0, 0.05) is 16.7 Å². The molecule has 1 saturated heterocycles. The summed E-state index contributed by atoms with van der Waals surface area (Å²) in [5, 5.41) is -0.0438. The van der Waals surface area contributed by atoms with Crippen LogP contribution in [0.15, 0.2) is 58.2 Å². The van der Waals surface area contributed by atoms with Crippen molar-refractivity contribution in [2.45, 2.75) is 29.5 Å². The van der Waals surface area contributed by atoms with Gasteiger partial charge in [-0.05, 0) is 37.1 Å². The molecule has 0 saturated carbocycles. The number of esters is 1. The van der Waals surface area contributed by atoms with Crippen LogP contribution in [0.3, 0.4) is 0 Å². The number of nitrogens with zero attached hydrogens (tertiary/aromatic N) is 1. The van der Waals surface area contributed by atoms with Gasteiger partial charge in [0.25, 0.3) is 0 Å². The van der Waals surface area contributed by atoms with E-state index in [1.54, 1.807) is 16.7 Å². The van der Waals surface area contributed by atoms with Gasteiger partial charge in [0.15, 0.2) is 9.84 Å². The van der Waals surface area contributed by atoms with E-state index in [-0.39, 0.29) is 29.1 Å². The number of para-hydroxylation sites is 2. The van der Waals surface area contributed by atoms with Crippen molar-refractivity contribution >= 4 is 38.6 Å². The van der Waals surface area contributed by atoms with E-state index in [2.05, 4.69) is 4.98 Å². The Labute approximate surface area is 178 Å². The molecular formula is C21H22N2O5S2. The van der Waals surface area contributed by atoms with E-state index >= 15 is 0 Å². The van der Waals surface area contributed by atoms with Gasteiger partial charge >= 0.3 is 11.7 Å². The molecule has 1 aliphatic rings. The zero-order chi connectivity index (χ0) is 21.1. The lowest BCUT2D eigenvalue weighted by Gasteiger charge is -2.12. The molecule has 7 nitrogen and oxygen atoms in total. The molecule has 2 aromatic carbocycles. The van der Waals surface area contributed by atoms with E-state index in [0.29, 0.717) is 24.9 Å². The third-order valence-electron chi connectivity index (χ3n) is 5.03. The maximum absolute atomic E-state index is 12.6. The topological polar surface area (TPSA) is 98.2 Å². The molecule has 1 N–H and O–H groups in total. The van der Waals surface area contributed by atoms with Crippen LogP contribution in [-0.2, 0) is 21.1 Å². The minimum Gasteiger partial charge on any atom is -0.462 e. The van der Waals surface area contributed by atoms with E-state index in [9.17, 15) is 18.0 Å². The van der Waals surface area contributed by atoms with E-state index in [1.807, 2.05) is 36.4 Å². The number of aryl methyl sites for hydroxylation is 1. The van der Waals surface area contributed by atoms with Crippen LogP contribution in [0.2, 0.25) is 0 Å². The molecule has 30 heavy (non-hydrogen) atoms. The lowest BCUT2D eigenvalue weighted by Crippen LogP contribution is -2.18. The summed E-state index contributed by atoms with van der Waals surface area (Å²) in [5.41, 5.74) is 1.85. The molecule has 158 valence electrons. The number of carbonyl (C=O) groups excluding carboxylic acids is 1. The summed E-state index contributed by atoms with van der Waals surface area (Å²) in [7, 11) is -2.97. The van der Waals surface area contributed by atoms with E-state index in [0.717, 1.165) is 15.9 Å². The number of hydrogen-bond donors (Lipinski definition) is 1. The van der Waals surface area contributed by atoms with Crippen LogP contribution >= 0.6 is 11.8 Å². The first-order valence-corrected chi connectivity index (χ1v) is 12.4. The Morgan fingerprint density at radius 1 is 1.17 bits per heavy atom. The molecule has 0 bridgehead atoms. The van der Waals surface area contributed by atoms with E-state index in [1.165, 1.54) is 11.8 Å². The Balaban J connectivity index is 1.35. The number of thioether (sulfide) groups is 1. The molecule has 1 aromatic heterocycles. The molecule has 1 atom stereocenters. The number of carbonyl (C=O) groups is 1. The average molecular weight is 447 g/mol. The van der Waals surface area contributed by atoms with Crippen molar-refractivity contribution in [2.24, 2.45) is 0 Å². The highest BCUT2D eigenvalue weighted by Crippen LogP contribution is 2.33. The highest BCUT2D eigenvalue weighted by Gasteiger charge is 2.29. The number of aromatic amines is 1. The number of aromatic nitrogens is 2. The van der Waals surface area contributed by atoms with Crippen molar-refractivity contribution in [1.29, 1.82) is 0 Å². The summed E-state index contributed by atoms with van der Waals surface area (Å²) < 4.78 is 30.5.